The summed E-state index contributed by atoms with van der Waals surface area (Å²) in [6.45, 7) is 5.54. The Labute approximate surface area is 98.3 Å². The Bertz CT molecular complexity index is 261. The average molecular weight is 257 g/mol. The minimum atomic E-state index is -4.74. The molecule has 0 aliphatic carbocycles. The molecule has 0 aromatic rings. The van der Waals surface area contributed by atoms with Gasteiger partial charge in [-0.1, -0.05) is 0 Å². The van der Waals surface area contributed by atoms with Gasteiger partial charge < -0.3 is 14.7 Å². The van der Waals surface area contributed by atoms with Gasteiger partial charge in [0.2, 0.25) is 0 Å². The van der Waals surface area contributed by atoms with Crippen LogP contribution in [-0.2, 0) is 4.74 Å². The zero-order valence-corrected chi connectivity index (χ0v) is 10.3. The lowest BCUT2D eigenvalue weighted by Crippen LogP contribution is -2.45. The minimum Gasteiger partial charge on any atom is -0.444 e. The number of alkyl halides is 3. The molecule has 1 N–H and O–H groups in total. The van der Waals surface area contributed by atoms with Gasteiger partial charge in [0.15, 0.2) is 6.10 Å². The molecule has 0 fully saturated rings. The molecule has 1 amide bonds. The number of carbonyl (C=O) groups is 1. The predicted molar refractivity (Wildman–Crippen MR) is 55.5 cm³/mol. The molecule has 4 nitrogen and oxygen atoms in total. The molecule has 1 atom stereocenters. The van der Waals surface area contributed by atoms with E-state index in [4.69, 9.17) is 9.84 Å². The van der Waals surface area contributed by atoms with E-state index in [1.54, 1.807) is 20.8 Å². The first-order valence-corrected chi connectivity index (χ1v) is 5.20. The normalized spacial score (nSPS) is 14.4. The SMILES string of the molecule is CCN(C[C@@H](O)C(F)(F)F)C(=O)OC(C)(C)C. The fourth-order valence-electron chi connectivity index (χ4n) is 0.971. The molecule has 0 aliphatic heterocycles. The van der Waals surface area contributed by atoms with Crippen LogP contribution in [0.5, 0.6) is 0 Å². The molecule has 102 valence electrons. The van der Waals surface area contributed by atoms with Crippen molar-refractivity contribution >= 4 is 6.09 Å². The van der Waals surface area contributed by atoms with Crippen molar-refractivity contribution in [2.24, 2.45) is 0 Å². The van der Waals surface area contributed by atoms with Crippen LogP contribution in [0.1, 0.15) is 27.7 Å². The van der Waals surface area contributed by atoms with Crippen LogP contribution < -0.4 is 0 Å². The van der Waals surface area contributed by atoms with Crippen LogP contribution in [0, 0.1) is 0 Å². The zero-order chi connectivity index (χ0) is 13.9. The number of aliphatic hydroxyl groups is 1. The van der Waals surface area contributed by atoms with Crippen LogP contribution in [0.15, 0.2) is 0 Å². The molecule has 0 aromatic heterocycles. The quantitative estimate of drug-likeness (QED) is 0.843. The summed E-state index contributed by atoms with van der Waals surface area (Å²) in [5, 5.41) is 8.86. The van der Waals surface area contributed by atoms with Gasteiger partial charge in [0.05, 0.1) is 6.54 Å². The lowest BCUT2D eigenvalue weighted by atomic mass is 10.2. The third-order valence-corrected chi connectivity index (χ3v) is 1.80. The van der Waals surface area contributed by atoms with Crippen LogP contribution in [0.25, 0.3) is 0 Å². The van der Waals surface area contributed by atoms with Gasteiger partial charge in [0, 0.05) is 6.54 Å². The second-order valence-corrected chi connectivity index (χ2v) is 4.58. The van der Waals surface area contributed by atoms with E-state index in [0.29, 0.717) is 0 Å². The molecule has 0 rings (SSSR count). The first-order chi connectivity index (χ1) is 7.47. The molecule has 0 saturated carbocycles. The molecular weight excluding hydrogens is 239 g/mol. The highest BCUT2D eigenvalue weighted by molar-refractivity contribution is 5.68. The molecular formula is C10H18F3NO3. The van der Waals surface area contributed by atoms with Crippen LogP contribution in [0.2, 0.25) is 0 Å². The highest BCUT2D eigenvalue weighted by Crippen LogP contribution is 2.21. The number of nitrogens with zero attached hydrogens (tertiary/aromatic N) is 1. The summed E-state index contributed by atoms with van der Waals surface area (Å²) in [6.07, 6.45) is -8.17. The monoisotopic (exact) mass is 257 g/mol. The molecule has 17 heavy (non-hydrogen) atoms. The molecule has 0 radical (unpaired) electrons. The minimum absolute atomic E-state index is 0.0298. The van der Waals surface area contributed by atoms with E-state index in [1.807, 2.05) is 0 Å². The topological polar surface area (TPSA) is 49.8 Å². The average Bonchev–Trinajstić information content (AvgIpc) is 2.08. The first kappa shape index (κ1) is 16.0. The number of amides is 1. The van der Waals surface area contributed by atoms with Crippen molar-refractivity contribution in [1.82, 2.24) is 4.90 Å². The number of rotatable bonds is 3. The molecule has 0 spiro atoms. The molecule has 0 saturated heterocycles. The third-order valence-electron chi connectivity index (χ3n) is 1.80. The predicted octanol–water partition coefficient (Wildman–Crippen LogP) is 2.17. The van der Waals surface area contributed by atoms with E-state index in [1.165, 1.54) is 6.92 Å². The van der Waals surface area contributed by atoms with Crippen LogP contribution in [-0.4, -0.2) is 47.1 Å². The van der Waals surface area contributed by atoms with Crippen molar-refractivity contribution < 1.29 is 27.8 Å². The second kappa shape index (κ2) is 5.57. The van der Waals surface area contributed by atoms with Crippen molar-refractivity contribution in [2.45, 2.75) is 45.6 Å². The maximum absolute atomic E-state index is 12.1. The first-order valence-electron chi connectivity index (χ1n) is 5.20. The van der Waals surface area contributed by atoms with Gasteiger partial charge in [-0.25, -0.2) is 4.79 Å². The maximum Gasteiger partial charge on any atom is 0.416 e. The third kappa shape index (κ3) is 6.35. The highest BCUT2D eigenvalue weighted by Gasteiger charge is 2.40. The summed E-state index contributed by atoms with van der Waals surface area (Å²) >= 11 is 0. The summed E-state index contributed by atoms with van der Waals surface area (Å²) in [4.78, 5) is 12.3. The number of carbonyl (C=O) groups excluding carboxylic acids is 1. The number of aliphatic hydroxyl groups excluding tert-OH is 1. The Morgan fingerprint density at radius 3 is 2.12 bits per heavy atom. The Morgan fingerprint density at radius 1 is 1.35 bits per heavy atom. The summed E-state index contributed by atoms with van der Waals surface area (Å²) in [7, 11) is 0. The van der Waals surface area contributed by atoms with Crippen molar-refractivity contribution in [3.8, 4) is 0 Å². The molecule has 0 aromatic carbocycles. The van der Waals surface area contributed by atoms with Gasteiger partial charge in [-0.15, -0.1) is 0 Å². The summed E-state index contributed by atoms with van der Waals surface area (Å²) in [6, 6.07) is 0. The maximum atomic E-state index is 12.1. The number of ether oxygens (including phenoxy) is 1. The van der Waals surface area contributed by atoms with Crippen LogP contribution in [0.4, 0.5) is 18.0 Å². The zero-order valence-electron chi connectivity index (χ0n) is 10.3. The van der Waals surface area contributed by atoms with Crippen molar-refractivity contribution in [3.05, 3.63) is 0 Å². The van der Waals surface area contributed by atoms with E-state index >= 15 is 0 Å². The number of hydrogen-bond donors (Lipinski definition) is 1. The number of hydrogen-bond acceptors (Lipinski definition) is 3. The Balaban J connectivity index is 4.49. The van der Waals surface area contributed by atoms with Gasteiger partial charge in [-0.05, 0) is 27.7 Å². The second-order valence-electron chi connectivity index (χ2n) is 4.58. The Hall–Kier alpha value is -0.980. The molecule has 0 unspecified atom stereocenters. The van der Waals surface area contributed by atoms with Gasteiger partial charge in [0.25, 0.3) is 0 Å². The summed E-state index contributed by atoms with van der Waals surface area (Å²) < 4.78 is 41.3. The molecule has 0 aliphatic rings. The van der Waals surface area contributed by atoms with Crippen LogP contribution >= 0.6 is 0 Å². The standard InChI is InChI=1S/C10H18F3NO3/c1-5-14(6-7(15)10(11,12)13)8(16)17-9(2,3)4/h7,15H,5-6H2,1-4H3/t7-/m1/s1. The number of likely N-dealkylation sites (N-methyl/N-ethyl adjacent to an activating group) is 1. The largest absolute Gasteiger partial charge is 0.444 e. The Kier molecular flexibility index (Phi) is 5.25. The molecule has 0 heterocycles. The van der Waals surface area contributed by atoms with Gasteiger partial charge in [-0.2, -0.15) is 13.2 Å². The van der Waals surface area contributed by atoms with Gasteiger partial charge >= 0.3 is 12.3 Å². The molecule has 7 heteroatoms. The summed E-state index contributed by atoms with van der Waals surface area (Å²) in [5.74, 6) is 0. The highest BCUT2D eigenvalue weighted by atomic mass is 19.4. The van der Waals surface area contributed by atoms with E-state index in [2.05, 4.69) is 0 Å². The summed E-state index contributed by atoms with van der Waals surface area (Å²) in [5.41, 5.74) is -0.784. The van der Waals surface area contributed by atoms with E-state index in [9.17, 15) is 18.0 Å². The van der Waals surface area contributed by atoms with Crippen molar-refractivity contribution in [1.29, 1.82) is 0 Å². The molecule has 0 bridgehead atoms. The van der Waals surface area contributed by atoms with E-state index in [-0.39, 0.29) is 6.54 Å². The van der Waals surface area contributed by atoms with E-state index in [0.717, 1.165) is 4.90 Å². The fraction of sp³-hybridized carbons (Fsp3) is 0.900. The number of halogens is 3. The smallest absolute Gasteiger partial charge is 0.416 e. The van der Waals surface area contributed by atoms with Gasteiger partial charge in [0.1, 0.15) is 5.60 Å². The lowest BCUT2D eigenvalue weighted by molar-refractivity contribution is -0.207. The van der Waals surface area contributed by atoms with Gasteiger partial charge in [-0.3, -0.25) is 0 Å². The van der Waals surface area contributed by atoms with E-state index < -0.39 is 30.5 Å². The van der Waals surface area contributed by atoms with Crippen molar-refractivity contribution in [2.75, 3.05) is 13.1 Å². The van der Waals surface area contributed by atoms with Crippen molar-refractivity contribution in [3.63, 3.8) is 0 Å². The fourth-order valence-corrected chi connectivity index (χ4v) is 0.971. The Morgan fingerprint density at radius 2 is 1.82 bits per heavy atom. The van der Waals surface area contributed by atoms with Crippen LogP contribution in [0.3, 0.4) is 0 Å². The lowest BCUT2D eigenvalue weighted by Gasteiger charge is -2.28.